The zero-order valence-corrected chi connectivity index (χ0v) is 11.1. The molecule has 19 heavy (non-hydrogen) atoms. The van der Waals surface area contributed by atoms with Crippen molar-refractivity contribution in [1.82, 2.24) is 5.32 Å². The van der Waals surface area contributed by atoms with Crippen molar-refractivity contribution >= 4 is 5.69 Å². The van der Waals surface area contributed by atoms with Gasteiger partial charge in [-0.2, -0.15) is 0 Å². The molecule has 100 valence electrons. The summed E-state index contributed by atoms with van der Waals surface area (Å²) >= 11 is 0. The second kappa shape index (κ2) is 6.34. The highest BCUT2D eigenvalue weighted by molar-refractivity contribution is 5.39. The van der Waals surface area contributed by atoms with Crippen LogP contribution in [0.2, 0.25) is 0 Å². The third kappa shape index (κ3) is 4.07. The molecule has 0 amide bonds. The van der Waals surface area contributed by atoms with E-state index in [9.17, 15) is 4.39 Å². The standard InChI is InChI=1S/C16H19FN2/c1-12-10-13(4-7-16(12)17)8-9-19-11-14-2-5-15(18)6-3-14/h2-7,10,19H,8-9,11,18H2,1H3. The average Bonchev–Trinajstić information content (AvgIpc) is 2.41. The van der Waals surface area contributed by atoms with Gasteiger partial charge in [-0.3, -0.25) is 0 Å². The van der Waals surface area contributed by atoms with Crippen LogP contribution in [0.15, 0.2) is 42.5 Å². The maximum Gasteiger partial charge on any atom is 0.126 e. The van der Waals surface area contributed by atoms with Crippen molar-refractivity contribution in [3.05, 3.63) is 65.0 Å². The highest BCUT2D eigenvalue weighted by atomic mass is 19.1. The third-order valence-corrected chi connectivity index (χ3v) is 3.12. The van der Waals surface area contributed by atoms with Crippen molar-refractivity contribution in [3.8, 4) is 0 Å². The fraction of sp³-hybridized carbons (Fsp3) is 0.250. The normalized spacial score (nSPS) is 10.6. The molecule has 0 aromatic heterocycles. The van der Waals surface area contributed by atoms with E-state index in [-0.39, 0.29) is 5.82 Å². The Balaban J connectivity index is 1.77. The molecule has 2 aromatic rings. The van der Waals surface area contributed by atoms with Crippen LogP contribution in [0.25, 0.3) is 0 Å². The average molecular weight is 258 g/mol. The van der Waals surface area contributed by atoms with Crippen molar-refractivity contribution in [1.29, 1.82) is 0 Å². The molecule has 0 bridgehead atoms. The van der Waals surface area contributed by atoms with Gasteiger partial charge in [-0.25, -0.2) is 4.39 Å². The van der Waals surface area contributed by atoms with Crippen molar-refractivity contribution in [3.63, 3.8) is 0 Å². The monoisotopic (exact) mass is 258 g/mol. The van der Waals surface area contributed by atoms with Crippen molar-refractivity contribution in [2.24, 2.45) is 0 Å². The molecule has 0 saturated carbocycles. The van der Waals surface area contributed by atoms with E-state index in [0.29, 0.717) is 5.56 Å². The Morgan fingerprint density at radius 3 is 2.42 bits per heavy atom. The van der Waals surface area contributed by atoms with Crippen LogP contribution in [0, 0.1) is 12.7 Å². The fourth-order valence-corrected chi connectivity index (χ4v) is 1.96. The molecule has 0 fully saturated rings. The zero-order chi connectivity index (χ0) is 13.7. The Morgan fingerprint density at radius 1 is 1.05 bits per heavy atom. The minimum Gasteiger partial charge on any atom is -0.399 e. The summed E-state index contributed by atoms with van der Waals surface area (Å²) in [6.45, 7) is 3.48. The molecule has 3 heteroatoms. The number of aryl methyl sites for hydroxylation is 1. The Labute approximate surface area is 113 Å². The summed E-state index contributed by atoms with van der Waals surface area (Å²) in [5, 5.41) is 3.37. The van der Waals surface area contributed by atoms with E-state index in [1.807, 2.05) is 36.4 Å². The van der Waals surface area contributed by atoms with Gasteiger partial charge in [-0.1, -0.05) is 24.3 Å². The van der Waals surface area contributed by atoms with Gasteiger partial charge >= 0.3 is 0 Å². The molecule has 0 aliphatic heterocycles. The number of benzene rings is 2. The second-order valence-electron chi connectivity index (χ2n) is 4.75. The number of hydrogen-bond donors (Lipinski definition) is 2. The van der Waals surface area contributed by atoms with Gasteiger partial charge in [0.25, 0.3) is 0 Å². The smallest absolute Gasteiger partial charge is 0.126 e. The Morgan fingerprint density at radius 2 is 1.74 bits per heavy atom. The number of nitrogens with two attached hydrogens (primary N) is 1. The molecule has 2 aromatic carbocycles. The molecule has 0 atom stereocenters. The summed E-state index contributed by atoms with van der Waals surface area (Å²) in [6, 6.07) is 13.1. The lowest BCUT2D eigenvalue weighted by Crippen LogP contribution is -2.16. The predicted molar refractivity (Wildman–Crippen MR) is 77.4 cm³/mol. The van der Waals surface area contributed by atoms with Crippen LogP contribution in [-0.2, 0) is 13.0 Å². The van der Waals surface area contributed by atoms with Crippen LogP contribution in [0.4, 0.5) is 10.1 Å². The highest BCUT2D eigenvalue weighted by Gasteiger charge is 1.99. The first kappa shape index (κ1) is 13.6. The molecule has 0 unspecified atom stereocenters. The first-order valence-electron chi connectivity index (χ1n) is 6.45. The minimum absolute atomic E-state index is 0.140. The number of halogens is 1. The van der Waals surface area contributed by atoms with E-state index in [1.165, 1.54) is 11.6 Å². The molecule has 2 rings (SSSR count). The predicted octanol–water partition coefficient (Wildman–Crippen LogP) is 3.05. The van der Waals surface area contributed by atoms with Gasteiger partial charge in [-0.15, -0.1) is 0 Å². The summed E-state index contributed by atoms with van der Waals surface area (Å²) in [4.78, 5) is 0. The molecular weight excluding hydrogens is 239 g/mol. The number of hydrogen-bond acceptors (Lipinski definition) is 2. The second-order valence-corrected chi connectivity index (χ2v) is 4.75. The summed E-state index contributed by atoms with van der Waals surface area (Å²) in [5.41, 5.74) is 9.49. The molecule has 0 spiro atoms. The van der Waals surface area contributed by atoms with E-state index in [2.05, 4.69) is 5.32 Å². The summed E-state index contributed by atoms with van der Waals surface area (Å²) < 4.78 is 13.1. The van der Waals surface area contributed by atoms with Crippen LogP contribution in [-0.4, -0.2) is 6.54 Å². The molecule has 2 nitrogen and oxygen atoms in total. The van der Waals surface area contributed by atoms with Gasteiger partial charge in [0.05, 0.1) is 0 Å². The molecule has 0 saturated heterocycles. The third-order valence-electron chi connectivity index (χ3n) is 3.12. The molecule has 0 radical (unpaired) electrons. The number of nitrogens with one attached hydrogen (secondary N) is 1. The maximum atomic E-state index is 13.1. The lowest BCUT2D eigenvalue weighted by molar-refractivity contribution is 0.616. The van der Waals surface area contributed by atoms with Crippen LogP contribution < -0.4 is 11.1 Å². The Kier molecular flexibility index (Phi) is 4.53. The quantitative estimate of drug-likeness (QED) is 0.639. The van der Waals surface area contributed by atoms with Crippen LogP contribution in [0.3, 0.4) is 0 Å². The van der Waals surface area contributed by atoms with Gasteiger partial charge in [0, 0.05) is 12.2 Å². The first-order chi connectivity index (χ1) is 9.15. The van der Waals surface area contributed by atoms with Gasteiger partial charge in [0.2, 0.25) is 0 Å². The molecular formula is C16H19FN2. The van der Waals surface area contributed by atoms with Gasteiger partial charge in [-0.05, 0) is 54.8 Å². The van der Waals surface area contributed by atoms with Crippen molar-refractivity contribution in [2.75, 3.05) is 12.3 Å². The summed E-state index contributed by atoms with van der Waals surface area (Å²) in [7, 11) is 0. The SMILES string of the molecule is Cc1cc(CCNCc2ccc(N)cc2)ccc1F. The van der Waals surface area contributed by atoms with Gasteiger partial charge < -0.3 is 11.1 Å². The van der Waals surface area contributed by atoms with Gasteiger partial charge in [0.15, 0.2) is 0 Å². The number of nitrogen functional groups attached to an aromatic ring is 1. The minimum atomic E-state index is -0.140. The van der Waals surface area contributed by atoms with E-state index >= 15 is 0 Å². The Hall–Kier alpha value is -1.87. The fourth-order valence-electron chi connectivity index (χ4n) is 1.96. The van der Waals surface area contributed by atoms with E-state index in [0.717, 1.165) is 30.8 Å². The number of anilines is 1. The van der Waals surface area contributed by atoms with Crippen LogP contribution in [0.5, 0.6) is 0 Å². The number of rotatable bonds is 5. The lowest BCUT2D eigenvalue weighted by atomic mass is 10.1. The van der Waals surface area contributed by atoms with Crippen LogP contribution in [0.1, 0.15) is 16.7 Å². The van der Waals surface area contributed by atoms with Gasteiger partial charge in [0.1, 0.15) is 5.82 Å². The summed E-state index contributed by atoms with van der Waals surface area (Å²) in [5.74, 6) is -0.140. The maximum absolute atomic E-state index is 13.1. The van der Waals surface area contributed by atoms with E-state index in [4.69, 9.17) is 5.73 Å². The first-order valence-corrected chi connectivity index (χ1v) is 6.45. The lowest BCUT2D eigenvalue weighted by Gasteiger charge is -2.06. The van der Waals surface area contributed by atoms with E-state index < -0.39 is 0 Å². The molecule has 3 N–H and O–H groups in total. The molecule has 0 heterocycles. The Bertz CT molecular complexity index is 535. The van der Waals surface area contributed by atoms with Crippen molar-refractivity contribution in [2.45, 2.75) is 19.9 Å². The van der Waals surface area contributed by atoms with E-state index in [1.54, 1.807) is 6.92 Å². The highest BCUT2D eigenvalue weighted by Crippen LogP contribution is 2.09. The van der Waals surface area contributed by atoms with Crippen molar-refractivity contribution < 1.29 is 4.39 Å². The van der Waals surface area contributed by atoms with Crippen LogP contribution >= 0.6 is 0 Å². The topological polar surface area (TPSA) is 38.0 Å². The summed E-state index contributed by atoms with van der Waals surface area (Å²) in [6.07, 6.45) is 0.899. The zero-order valence-electron chi connectivity index (χ0n) is 11.1. The molecule has 0 aliphatic carbocycles. The molecule has 0 aliphatic rings. The largest absolute Gasteiger partial charge is 0.399 e.